The summed E-state index contributed by atoms with van der Waals surface area (Å²) in [6, 6.07) is 7.39. The number of rotatable bonds is 5. The number of carbonyl (C=O) groups is 1. The second kappa shape index (κ2) is 6.72. The van der Waals surface area contributed by atoms with E-state index in [-0.39, 0.29) is 12.0 Å². The molecule has 1 amide bonds. The number of hydrogen-bond acceptors (Lipinski definition) is 4. The summed E-state index contributed by atoms with van der Waals surface area (Å²) < 4.78 is 7.21. The summed E-state index contributed by atoms with van der Waals surface area (Å²) in [6.07, 6.45) is 5.74. The van der Waals surface area contributed by atoms with Gasteiger partial charge in [0.25, 0.3) is 5.91 Å². The molecule has 116 valence electrons. The molecule has 0 spiro atoms. The van der Waals surface area contributed by atoms with Crippen LogP contribution >= 0.6 is 0 Å². The number of aromatic nitrogens is 2. The molecule has 0 unspecified atom stereocenters. The van der Waals surface area contributed by atoms with E-state index < -0.39 is 0 Å². The third-order valence-electron chi connectivity index (χ3n) is 3.78. The molecule has 0 aliphatic carbocycles. The van der Waals surface area contributed by atoms with E-state index in [4.69, 9.17) is 10.5 Å². The average Bonchev–Trinajstić information content (AvgIpc) is 3.24. The Kier molecular flexibility index (Phi) is 4.50. The van der Waals surface area contributed by atoms with Crippen molar-refractivity contribution in [3.05, 3.63) is 47.8 Å². The van der Waals surface area contributed by atoms with Gasteiger partial charge in [0.15, 0.2) is 0 Å². The molecule has 6 nitrogen and oxygen atoms in total. The summed E-state index contributed by atoms with van der Waals surface area (Å²) in [4.78, 5) is 12.4. The Labute approximate surface area is 129 Å². The van der Waals surface area contributed by atoms with Crippen molar-refractivity contribution in [1.82, 2.24) is 15.1 Å². The van der Waals surface area contributed by atoms with Crippen LogP contribution in [0.15, 0.2) is 36.7 Å². The second-order valence-corrected chi connectivity index (χ2v) is 5.36. The van der Waals surface area contributed by atoms with Crippen molar-refractivity contribution in [2.45, 2.75) is 25.5 Å². The summed E-state index contributed by atoms with van der Waals surface area (Å²) in [5.74, 6) is -0.115. The van der Waals surface area contributed by atoms with Crippen LogP contribution in [0.1, 0.15) is 28.8 Å². The maximum Gasteiger partial charge on any atom is 0.253 e. The third-order valence-corrected chi connectivity index (χ3v) is 3.78. The highest BCUT2D eigenvalue weighted by molar-refractivity contribution is 5.97. The molecule has 0 bridgehead atoms. The number of carbonyl (C=O) groups excluding carboxylic acids is 1. The Morgan fingerprint density at radius 2 is 2.32 bits per heavy atom. The minimum Gasteiger partial charge on any atom is -0.376 e. The summed E-state index contributed by atoms with van der Waals surface area (Å²) in [6.45, 7) is 1.75. The normalized spacial score (nSPS) is 17.6. The van der Waals surface area contributed by atoms with Crippen molar-refractivity contribution >= 4 is 5.91 Å². The monoisotopic (exact) mass is 300 g/mol. The Morgan fingerprint density at radius 3 is 3.05 bits per heavy atom. The largest absolute Gasteiger partial charge is 0.376 e. The highest BCUT2D eigenvalue weighted by Crippen LogP contribution is 2.15. The van der Waals surface area contributed by atoms with Crippen LogP contribution < -0.4 is 11.1 Å². The summed E-state index contributed by atoms with van der Waals surface area (Å²) >= 11 is 0. The lowest BCUT2D eigenvalue weighted by molar-refractivity contribution is 0.0857. The first-order chi connectivity index (χ1) is 10.8. The number of benzene rings is 1. The van der Waals surface area contributed by atoms with E-state index in [9.17, 15) is 4.79 Å². The van der Waals surface area contributed by atoms with Crippen LogP contribution in [0.4, 0.5) is 0 Å². The van der Waals surface area contributed by atoms with E-state index in [0.29, 0.717) is 18.7 Å². The Hall–Kier alpha value is -2.18. The molecule has 1 aromatic heterocycles. The van der Waals surface area contributed by atoms with Crippen molar-refractivity contribution in [3.8, 4) is 5.69 Å². The fraction of sp³-hybridized carbons (Fsp3) is 0.375. The van der Waals surface area contributed by atoms with Crippen molar-refractivity contribution in [2.24, 2.45) is 5.73 Å². The zero-order valence-corrected chi connectivity index (χ0v) is 12.4. The Bertz CT molecular complexity index is 647. The van der Waals surface area contributed by atoms with E-state index in [1.807, 2.05) is 24.4 Å². The highest BCUT2D eigenvalue weighted by atomic mass is 16.5. The number of ether oxygens (including phenoxy) is 1. The summed E-state index contributed by atoms with van der Waals surface area (Å²) in [7, 11) is 0. The van der Waals surface area contributed by atoms with Gasteiger partial charge >= 0.3 is 0 Å². The third kappa shape index (κ3) is 3.18. The lowest BCUT2D eigenvalue weighted by Crippen LogP contribution is -2.32. The second-order valence-electron chi connectivity index (χ2n) is 5.36. The quantitative estimate of drug-likeness (QED) is 0.870. The van der Waals surface area contributed by atoms with Crippen LogP contribution in [0.5, 0.6) is 0 Å². The summed E-state index contributed by atoms with van der Waals surface area (Å²) in [5.41, 5.74) is 7.87. The number of nitrogens with two attached hydrogens (primary N) is 1. The van der Waals surface area contributed by atoms with Gasteiger partial charge in [0, 0.05) is 31.5 Å². The molecule has 2 aromatic rings. The van der Waals surface area contributed by atoms with Crippen molar-refractivity contribution in [2.75, 3.05) is 13.2 Å². The maximum atomic E-state index is 12.4. The number of nitrogens with zero attached hydrogens (tertiary/aromatic N) is 2. The molecule has 0 radical (unpaired) electrons. The van der Waals surface area contributed by atoms with E-state index >= 15 is 0 Å². The SMILES string of the molecule is NCc1cnn(-c2ccccc2C(=O)NC[C@H]2CCCO2)c1. The smallest absolute Gasteiger partial charge is 0.253 e. The van der Waals surface area contributed by atoms with Crippen LogP contribution in [0.2, 0.25) is 0 Å². The van der Waals surface area contributed by atoms with Crippen molar-refractivity contribution in [1.29, 1.82) is 0 Å². The maximum absolute atomic E-state index is 12.4. The molecule has 1 aliphatic rings. The summed E-state index contributed by atoms with van der Waals surface area (Å²) in [5, 5.41) is 7.21. The number of para-hydroxylation sites is 1. The lowest BCUT2D eigenvalue weighted by atomic mass is 10.1. The van der Waals surface area contributed by atoms with Gasteiger partial charge in [-0.15, -0.1) is 0 Å². The van der Waals surface area contributed by atoms with Gasteiger partial charge in [-0.1, -0.05) is 12.1 Å². The molecule has 1 aliphatic heterocycles. The number of hydrogen-bond donors (Lipinski definition) is 2. The van der Waals surface area contributed by atoms with Crippen LogP contribution in [0.3, 0.4) is 0 Å². The van der Waals surface area contributed by atoms with E-state index in [0.717, 1.165) is 30.7 Å². The first-order valence-corrected chi connectivity index (χ1v) is 7.51. The Morgan fingerprint density at radius 1 is 1.45 bits per heavy atom. The zero-order valence-electron chi connectivity index (χ0n) is 12.4. The molecule has 6 heteroatoms. The fourth-order valence-corrected chi connectivity index (χ4v) is 2.57. The van der Waals surface area contributed by atoms with Gasteiger partial charge < -0.3 is 15.8 Å². The predicted octanol–water partition coefficient (Wildman–Crippen LogP) is 1.24. The molecule has 3 N–H and O–H groups in total. The average molecular weight is 300 g/mol. The predicted molar refractivity (Wildman–Crippen MR) is 82.8 cm³/mol. The Balaban J connectivity index is 1.76. The van der Waals surface area contributed by atoms with E-state index in [2.05, 4.69) is 10.4 Å². The number of nitrogens with one attached hydrogen (secondary N) is 1. The van der Waals surface area contributed by atoms with Gasteiger partial charge in [-0.3, -0.25) is 4.79 Å². The minimum atomic E-state index is -0.115. The van der Waals surface area contributed by atoms with Gasteiger partial charge in [0.2, 0.25) is 0 Å². The van der Waals surface area contributed by atoms with E-state index in [1.165, 1.54) is 0 Å². The van der Waals surface area contributed by atoms with Crippen LogP contribution in [0, 0.1) is 0 Å². The van der Waals surface area contributed by atoms with Crippen molar-refractivity contribution in [3.63, 3.8) is 0 Å². The van der Waals surface area contributed by atoms with Crippen LogP contribution in [-0.4, -0.2) is 34.9 Å². The van der Waals surface area contributed by atoms with Gasteiger partial charge in [0.1, 0.15) is 0 Å². The molecule has 22 heavy (non-hydrogen) atoms. The van der Waals surface area contributed by atoms with Crippen molar-refractivity contribution < 1.29 is 9.53 Å². The van der Waals surface area contributed by atoms with Gasteiger partial charge in [-0.05, 0) is 25.0 Å². The standard InChI is InChI=1S/C16H20N4O2/c17-8-12-9-19-20(11-12)15-6-2-1-5-14(15)16(21)18-10-13-4-3-7-22-13/h1-2,5-6,9,11,13H,3-4,7-8,10,17H2,(H,18,21)/t13-/m1/s1. The zero-order chi connectivity index (χ0) is 15.4. The molecule has 1 fully saturated rings. The van der Waals surface area contributed by atoms with E-state index in [1.54, 1.807) is 16.9 Å². The van der Waals surface area contributed by atoms with Gasteiger partial charge in [-0.2, -0.15) is 5.10 Å². The molecule has 1 atom stereocenters. The first kappa shape index (κ1) is 14.7. The molecule has 3 rings (SSSR count). The highest BCUT2D eigenvalue weighted by Gasteiger charge is 2.18. The molecule has 0 saturated carbocycles. The molecular weight excluding hydrogens is 280 g/mol. The van der Waals surface area contributed by atoms with Crippen LogP contribution in [-0.2, 0) is 11.3 Å². The van der Waals surface area contributed by atoms with Crippen LogP contribution in [0.25, 0.3) is 5.69 Å². The molecule has 2 heterocycles. The fourth-order valence-electron chi connectivity index (χ4n) is 2.57. The molecule has 1 aromatic carbocycles. The number of amides is 1. The first-order valence-electron chi connectivity index (χ1n) is 7.51. The van der Waals surface area contributed by atoms with Gasteiger partial charge in [-0.25, -0.2) is 4.68 Å². The topological polar surface area (TPSA) is 82.2 Å². The lowest BCUT2D eigenvalue weighted by Gasteiger charge is -2.13. The molecule has 1 saturated heterocycles. The molecular formula is C16H20N4O2. The minimum absolute atomic E-state index is 0.115. The van der Waals surface area contributed by atoms with Gasteiger partial charge in [0.05, 0.1) is 23.6 Å².